The first-order valence-electron chi connectivity index (χ1n) is 3.82. The maximum absolute atomic E-state index is 11.1. The van der Waals surface area contributed by atoms with Crippen molar-refractivity contribution in [3.63, 3.8) is 0 Å². The largest absolute Gasteiger partial charge is 0.465 e. The molecule has 1 aromatic rings. The molecular weight excluding hydrogens is 206 g/mol. The van der Waals surface area contributed by atoms with Crippen molar-refractivity contribution in [2.45, 2.75) is 0 Å². The molecule has 0 amide bonds. The number of carbonyl (C=O) groups is 2. The van der Waals surface area contributed by atoms with E-state index in [1.807, 2.05) is 0 Å². The van der Waals surface area contributed by atoms with Gasteiger partial charge in [-0.1, -0.05) is 0 Å². The second kappa shape index (κ2) is 4.72. The van der Waals surface area contributed by atoms with E-state index < -0.39 is 5.97 Å². The Kier molecular flexibility index (Phi) is 3.59. The molecule has 0 radical (unpaired) electrons. The first-order chi connectivity index (χ1) is 6.69. The highest BCUT2D eigenvalue weighted by molar-refractivity contribution is 6.30. The van der Waals surface area contributed by atoms with Gasteiger partial charge in [0.1, 0.15) is 5.69 Å². The lowest BCUT2D eigenvalue weighted by molar-refractivity contribution is 0.0600. The van der Waals surface area contributed by atoms with E-state index in [4.69, 9.17) is 11.6 Å². The van der Waals surface area contributed by atoms with Gasteiger partial charge in [0.25, 0.3) is 0 Å². The van der Waals surface area contributed by atoms with Crippen molar-refractivity contribution in [3.05, 3.63) is 29.6 Å². The van der Waals surface area contributed by atoms with Crippen LogP contribution in [0.5, 0.6) is 0 Å². The number of ketones is 1. The first kappa shape index (κ1) is 10.7. The van der Waals surface area contributed by atoms with Crippen LogP contribution in [-0.2, 0) is 4.74 Å². The lowest BCUT2D eigenvalue weighted by atomic mass is 10.2. The first-order valence-corrected chi connectivity index (χ1v) is 4.36. The van der Waals surface area contributed by atoms with Crippen LogP contribution < -0.4 is 0 Å². The molecule has 5 heteroatoms. The fraction of sp³-hybridized carbons (Fsp3) is 0.222. The minimum absolute atomic E-state index is 0.120. The number of nitrogens with zero attached hydrogens (tertiary/aromatic N) is 1. The van der Waals surface area contributed by atoms with Crippen molar-refractivity contribution in [1.82, 2.24) is 4.98 Å². The van der Waals surface area contributed by atoms with Crippen LogP contribution >= 0.6 is 11.6 Å². The summed E-state index contributed by atoms with van der Waals surface area (Å²) in [6.07, 6.45) is 1.28. The number of alkyl halides is 1. The fourth-order valence-electron chi connectivity index (χ4n) is 0.866. The van der Waals surface area contributed by atoms with Gasteiger partial charge in [-0.25, -0.2) is 4.79 Å². The zero-order valence-corrected chi connectivity index (χ0v) is 8.25. The van der Waals surface area contributed by atoms with Crippen molar-refractivity contribution < 1.29 is 14.3 Å². The van der Waals surface area contributed by atoms with Crippen molar-refractivity contribution in [2.24, 2.45) is 0 Å². The molecule has 74 valence electrons. The van der Waals surface area contributed by atoms with E-state index in [1.54, 1.807) is 0 Å². The van der Waals surface area contributed by atoms with Crippen molar-refractivity contribution in [1.29, 1.82) is 0 Å². The lowest BCUT2D eigenvalue weighted by Crippen LogP contribution is -2.06. The fourth-order valence-corrected chi connectivity index (χ4v) is 1.00. The number of rotatable bonds is 3. The molecule has 0 fully saturated rings. The van der Waals surface area contributed by atoms with Gasteiger partial charge in [0.05, 0.1) is 18.6 Å². The summed E-state index contributed by atoms with van der Waals surface area (Å²) in [4.78, 5) is 25.8. The molecule has 1 heterocycles. The van der Waals surface area contributed by atoms with Gasteiger partial charge in [-0.3, -0.25) is 9.78 Å². The van der Waals surface area contributed by atoms with Crippen LogP contribution in [0.4, 0.5) is 0 Å². The predicted molar refractivity (Wildman–Crippen MR) is 50.6 cm³/mol. The SMILES string of the molecule is COC(=O)c1ccc(C(=O)CCl)nc1. The number of pyridine rings is 1. The summed E-state index contributed by atoms with van der Waals surface area (Å²) in [6.45, 7) is 0. The second-order valence-corrected chi connectivity index (χ2v) is 2.75. The number of Topliss-reactive ketones (excluding diaryl/α,β-unsaturated/α-hetero) is 1. The zero-order chi connectivity index (χ0) is 10.6. The van der Waals surface area contributed by atoms with Gasteiger partial charge in [0.15, 0.2) is 5.78 Å². The summed E-state index contributed by atoms with van der Waals surface area (Å²) in [5.74, 6) is -0.879. The molecule has 1 rings (SSSR count). The average molecular weight is 214 g/mol. The van der Waals surface area contributed by atoms with Crippen LogP contribution in [0.25, 0.3) is 0 Å². The quantitative estimate of drug-likeness (QED) is 0.431. The third-order valence-electron chi connectivity index (χ3n) is 1.59. The third-order valence-corrected chi connectivity index (χ3v) is 1.83. The predicted octanol–water partition coefficient (Wildman–Crippen LogP) is 1.29. The summed E-state index contributed by atoms with van der Waals surface area (Å²) in [5.41, 5.74) is 0.547. The molecule has 0 aromatic carbocycles. The number of ether oxygens (including phenoxy) is 1. The Bertz CT molecular complexity index is 313. The highest BCUT2D eigenvalue weighted by Gasteiger charge is 2.08. The maximum Gasteiger partial charge on any atom is 0.339 e. The van der Waals surface area contributed by atoms with Crippen LogP contribution in [-0.4, -0.2) is 29.7 Å². The molecule has 0 unspecified atom stereocenters. The topological polar surface area (TPSA) is 56.3 Å². The number of hydrogen-bond donors (Lipinski definition) is 0. The molecule has 0 aliphatic carbocycles. The molecular formula is C9H8ClNO3. The maximum atomic E-state index is 11.1. The van der Waals surface area contributed by atoms with Gasteiger partial charge in [-0.2, -0.15) is 0 Å². The van der Waals surface area contributed by atoms with Crippen molar-refractivity contribution in [2.75, 3.05) is 13.0 Å². The van der Waals surface area contributed by atoms with Gasteiger partial charge in [0.2, 0.25) is 0 Å². The van der Waals surface area contributed by atoms with Crippen molar-refractivity contribution in [3.8, 4) is 0 Å². The summed E-state index contributed by atoms with van der Waals surface area (Å²) in [7, 11) is 1.28. The van der Waals surface area contributed by atoms with E-state index in [0.29, 0.717) is 5.56 Å². The normalized spacial score (nSPS) is 9.57. The van der Waals surface area contributed by atoms with E-state index in [1.165, 1.54) is 25.4 Å². The minimum atomic E-state index is -0.484. The summed E-state index contributed by atoms with van der Waals surface area (Å²) in [5, 5.41) is 0. The Hall–Kier alpha value is -1.42. The Morgan fingerprint density at radius 2 is 2.21 bits per heavy atom. The van der Waals surface area contributed by atoms with Crippen LogP contribution in [0.15, 0.2) is 18.3 Å². The number of methoxy groups -OCH3 is 1. The van der Waals surface area contributed by atoms with Crippen LogP contribution in [0.2, 0.25) is 0 Å². The summed E-state index contributed by atoms with van der Waals surface area (Å²) >= 11 is 5.33. The van der Waals surface area contributed by atoms with Crippen molar-refractivity contribution >= 4 is 23.4 Å². The number of carbonyl (C=O) groups excluding carboxylic acids is 2. The Labute approximate surface area is 85.9 Å². The molecule has 14 heavy (non-hydrogen) atoms. The van der Waals surface area contributed by atoms with Gasteiger partial charge in [-0.05, 0) is 12.1 Å². The molecule has 0 saturated heterocycles. The number of aromatic nitrogens is 1. The smallest absolute Gasteiger partial charge is 0.339 e. The third kappa shape index (κ3) is 2.29. The summed E-state index contributed by atoms with van der Waals surface area (Å²) < 4.78 is 4.47. The molecule has 0 spiro atoms. The number of hydrogen-bond acceptors (Lipinski definition) is 4. The Morgan fingerprint density at radius 3 is 2.64 bits per heavy atom. The molecule has 0 aliphatic heterocycles. The van der Waals surface area contributed by atoms with Crippen LogP contribution in [0.3, 0.4) is 0 Å². The second-order valence-electron chi connectivity index (χ2n) is 2.48. The van der Waals surface area contributed by atoms with Gasteiger partial charge < -0.3 is 4.74 Å². The van der Waals surface area contributed by atoms with E-state index in [2.05, 4.69) is 9.72 Å². The van der Waals surface area contributed by atoms with Gasteiger partial charge >= 0.3 is 5.97 Å². The highest BCUT2D eigenvalue weighted by Crippen LogP contribution is 2.03. The molecule has 0 saturated carbocycles. The lowest BCUT2D eigenvalue weighted by Gasteiger charge is -1.99. The average Bonchev–Trinajstić information content (AvgIpc) is 2.27. The van der Waals surface area contributed by atoms with Gasteiger partial charge in [-0.15, -0.1) is 11.6 Å². The van der Waals surface area contributed by atoms with Gasteiger partial charge in [0, 0.05) is 6.20 Å². The molecule has 0 bridgehead atoms. The van der Waals surface area contributed by atoms with E-state index in [0.717, 1.165) is 0 Å². The number of halogens is 1. The highest BCUT2D eigenvalue weighted by atomic mass is 35.5. The molecule has 4 nitrogen and oxygen atoms in total. The molecule has 0 aliphatic rings. The molecule has 0 N–H and O–H groups in total. The minimum Gasteiger partial charge on any atom is -0.465 e. The van der Waals surface area contributed by atoms with E-state index in [9.17, 15) is 9.59 Å². The van der Waals surface area contributed by atoms with E-state index in [-0.39, 0.29) is 17.4 Å². The zero-order valence-electron chi connectivity index (χ0n) is 7.49. The Morgan fingerprint density at radius 1 is 1.50 bits per heavy atom. The molecule has 0 atom stereocenters. The number of esters is 1. The van der Waals surface area contributed by atoms with Crippen LogP contribution in [0, 0.1) is 0 Å². The molecule has 1 aromatic heterocycles. The monoisotopic (exact) mass is 213 g/mol. The Balaban J connectivity index is 2.89. The van der Waals surface area contributed by atoms with Crippen LogP contribution in [0.1, 0.15) is 20.8 Å². The standard InChI is InChI=1S/C9H8ClNO3/c1-14-9(13)6-2-3-7(11-5-6)8(12)4-10/h2-3,5H,4H2,1H3. The summed E-state index contributed by atoms with van der Waals surface area (Å²) in [6, 6.07) is 2.91. The van der Waals surface area contributed by atoms with E-state index >= 15 is 0 Å².